The molecule has 5 rings (SSSR count). The molecule has 1 fully saturated rings. The standard InChI is InChI=1S/C27H25ClF3N3O4S2/c1-26(35,27(29,30)31)18-9-10-32-22(16-18)20-7-4-5-17-15-23(39-25(17)20)24(19-6-2-3-8-21(19)28)33-40(36,37)34-11-13-38-14-12-34/h2-10,15-16,24,33,35H,11-14H2,1H3/t24-,26-/m1/s1. The molecule has 0 aliphatic carbocycles. The van der Waals surface area contributed by atoms with Crippen LogP contribution in [0.4, 0.5) is 13.2 Å². The molecule has 1 saturated heterocycles. The van der Waals surface area contributed by atoms with Crippen LogP contribution in [-0.4, -0.2) is 55.3 Å². The molecule has 13 heteroatoms. The van der Waals surface area contributed by atoms with Gasteiger partial charge >= 0.3 is 6.18 Å². The molecule has 2 atom stereocenters. The summed E-state index contributed by atoms with van der Waals surface area (Å²) in [5.74, 6) is 0. The fourth-order valence-electron chi connectivity index (χ4n) is 4.47. The Morgan fingerprint density at radius 1 is 1.10 bits per heavy atom. The number of halogens is 4. The van der Waals surface area contributed by atoms with E-state index >= 15 is 0 Å². The molecule has 2 aromatic carbocycles. The van der Waals surface area contributed by atoms with E-state index < -0.39 is 28.0 Å². The van der Waals surface area contributed by atoms with Crippen molar-refractivity contribution in [3.05, 3.63) is 87.9 Å². The van der Waals surface area contributed by atoms with Crippen molar-refractivity contribution >= 4 is 43.2 Å². The smallest absolute Gasteiger partial charge is 0.379 e. The molecule has 0 amide bonds. The number of thiophene rings is 1. The van der Waals surface area contributed by atoms with Crippen molar-refractivity contribution in [2.24, 2.45) is 0 Å². The van der Waals surface area contributed by atoms with Gasteiger partial charge < -0.3 is 9.84 Å². The first-order valence-corrected chi connectivity index (χ1v) is 14.9. The van der Waals surface area contributed by atoms with E-state index in [0.29, 0.717) is 32.7 Å². The monoisotopic (exact) mass is 611 g/mol. The van der Waals surface area contributed by atoms with Gasteiger partial charge in [0, 0.05) is 39.4 Å². The number of hydrogen-bond acceptors (Lipinski definition) is 6. The number of nitrogens with one attached hydrogen (secondary N) is 1. The molecule has 212 valence electrons. The number of hydrogen-bond donors (Lipinski definition) is 2. The second-order valence-corrected chi connectivity index (χ2v) is 12.7. The summed E-state index contributed by atoms with van der Waals surface area (Å²) in [4.78, 5) is 4.91. The fourth-order valence-corrected chi connectivity index (χ4v) is 7.37. The van der Waals surface area contributed by atoms with Gasteiger partial charge in [0.1, 0.15) is 0 Å². The molecule has 2 N–H and O–H groups in total. The zero-order valence-corrected chi connectivity index (χ0v) is 23.5. The lowest BCUT2D eigenvalue weighted by atomic mass is 9.94. The Morgan fingerprint density at radius 3 is 2.52 bits per heavy atom. The molecule has 0 unspecified atom stereocenters. The van der Waals surface area contributed by atoms with Gasteiger partial charge in [0.15, 0.2) is 5.60 Å². The average molecular weight is 612 g/mol. The second-order valence-electron chi connectivity index (χ2n) is 9.46. The molecule has 0 spiro atoms. The molecule has 4 aromatic rings. The number of morpholine rings is 1. The van der Waals surface area contributed by atoms with Crippen molar-refractivity contribution < 1.29 is 31.4 Å². The van der Waals surface area contributed by atoms with Crippen molar-refractivity contribution in [1.29, 1.82) is 0 Å². The maximum Gasteiger partial charge on any atom is 0.421 e. The van der Waals surface area contributed by atoms with E-state index in [1.54, 1.807) is 36.4 Å². The van der Waals surface area contributed by atoms with E-state index in [1.807, 2.05) is 12.1 Å². The number of alkyl halides is 3. The number of aromatic nitrogens is 1. The first kappa shape index (κ1) is 28.9. The molecule has 1 aliphatic rings. The van der Waals surface area contributed by atoms with E-state index in [1.165, 1.54) is 27.9 Å². The van der Waals surface area contributed by atoms with Crippen molar-refractivity contribution in [2.45, 2.75) is 24.7 Å². The zero-order chi connectivity index (χ0) is 28.7. The van der Waals surface area contributed by atoms with Crippen LogP contribution >= 0.6 is 22.9 Å². The predicted molar refractivity (Wildman–Crippen MR) is 148 cm³/mol. The van der Waals surface area contributed by atoms with E-state index in [0.717, 1.165) is 11.5 Å². The van der Waals surface area contributed by atoms with Gasteiger partial charge in [-0.1, -0.05) is 48.0 Å². The molecular weight excluding hydrogens is 587 g/mol. The zero-order valence-electron chi connectivity index (χ0n) is 21.2. The lowest BCUT2D eigenvalue weighted by Gasteiger charge is -2.28. The summed E-state index contributed by atoms with van der Waals surface area (Å²) in [6.07, 6.45) is -3.66. The van der Waals surface area contributed by atoms with Crippen molar-refractivity contribution in [3.8, 4) is 11.3 Å². The van der Waals surface area contributed by atoms with E-state index in [9.17, 15) is 26.7 Å². The molecule has 3 heterocycles. The highest BCUT2D eigenvalue weighted by molar-refractivity contribution is 7.87. The number of aliphatic hydroxyl groups is 1. The van der Waals surface area contributed by atoms with Crippen LogP contribution in [0.3, 0.4) is 0 Å². The van der Waals surface area contributed by atoms with Gasteiger partial charge in [-0.2, -0.15) is 30.6 Å². The van der Waals surface area contributed by atoms with Gasteiger partial charge in [-0.3, -0.25) is 4.98 Å². The molecule has 0 radical (unpaired) electrons. The van der Waals surface area contributed by atoms with Crippen molar-refractivity contribution in [1.82, 2.24) is 14.0 Å². The third-order valence-corrected chi connectivity index (χ3v) is 9.96. The van der Waals surface area contributed by atoms with Crippen LogP contribution in [0.15, 0.2) is 66.9 Å². The molecule has 40 heavy (non-hydrogen) atoms. The minimum Gasteiger partial charge on any atom is -0.379 e. The van der Waals surface area contributed by atoms with E-state index in [2.05, 4.69) is 9.71 Å². The number of nitrogens with zero attached hydrogens (tertiary/aromatic N) is 2. The quantitative estimate of drug-likeness (QED) is 0.282. The van der Waals surface area contributed by atoms with Crippen LogP contribution in [0.5, 0.6) is 0 Å². The van der Waals surface area contributed by atoms with Gasteiger partial charge in [0.25, 0.3) is 10.2 Å². The summed E-state index contributed by atoms with van der Waals surface area (Å²) in [5.41, 5.74) is -2.07. The molecule has 1 aliphatic heterocycles. The summed E-state index contributed by atoms with van der Waals surface area (Å²) in [5, 5.41) is 11.3. The minimum atomic E-state index is -4.88. The van der Waals surface area contributed by atoms with Crippen LogP contribution in [-0.2, 0) is 20.5 Å². The highest BCUT2D eigenvalue weighted by atomic mass is 35.5. The predicted octanol–water partition coefficient (Wildman–Crippen LogP) is 5.64. The highest BCUT2D eigenvalue weighted by Crippen LogP contribution is 2.42. The third kappa shape index (κ3) is 5.62. The Kier molecular flexibility index (Phi) is 7.96. The SMILES string of the molecule is C[C@@](O)(c1ccnc(-c2cccc3cc([C@H](NS(=O)(=O)N4CCOCC4)c4ccccc4Cl)sc23)c1)C(F)(F)F. The van der Waals surface area contributed by atoms with Crippen LogP contribution in [0.2, 0.25) is 5.02 Å². The second kappa shape index (κ2) is 11.0. The first-order valence-electron chi connectivity index (χ1n) is 12.3. The lowest BCUT2D eigenvalue weighted by Crippen LogP contribution is -2.47. The molecule has 0 saturated carbocycles. The Bertz CT molecular complexity index is 1640. The number of fused-ring (bicyclic) bond motifs is 1. The number of ether oxygens (including phenoxy) is 1. The van der Waals surface area contributed by atoms with Crippen LogP contribution in [0.1, 0.15) is 29.0 Å². The molecular formula is C27H25ClF3N3O4S2. The van der Waals surface area contributed by atoms with Crippen molar-refractivity contribution in [2.75, 3.05) is 26.3 Å². The maximum absolute atomic E-state index is 13.5. The van der Waals surface area contributed by atoms with Gasteiger partial charge in [-0.05, 0) is 47.7 Å². The maximum atomic E-state index is 13.5. The normalized spacial score (nSPS) is 17.6. The summed E-state index contributed by atoms with van der Waals surface area (Å²) >= 11 is 7.80. The van der Waals surface area contributed by atoms with Crippen LogP contribution < -0.4 is 4.72 Å². The fraction of sp³-hybridized carbons (Fsp3) is 0.296. The van der Waals surface area contributed by atoms with Gasteiger partial charge in [-0.25, -0.2) is 0 Å². The first-order chi connectivity index (χ1) is 18.9. The Morgan fingerprint density at radius 2 is 1.82 bits per heavy atom. The molecule has 0 bridgehead atoms. The van der Waals surface area contributed by atoms with Gasteiger partial charge in [0.05, 0.1) is 24.9 Å². The highest BCUT2D eigenvalue weighted by Gasteiger charge is 2.51. The Balaban J connectivity index is 1.60. The molecule has 2 aromatic heterocycles. The van der Waals surface area contributed by atoms with Gasteiger partial charge in [-0.15, -0.1) is 11.3 Å². The summed E-state index contributed by atoms with van der Waals surface area (Å²) in [7, 11) is -3.93. The van der Waals surface area contributed by atoms with Crippen molar-refractivity contribution in [3.63, 3.8) is 0 Å². The Hall–Kier alpha value is -2.58. The van der Waals surface area contributed by atoms with Crippen LogP contribution in [0.25, 0.3) is 21.3 Å². The minimum absolute atomic E-state index is 0.213. The average Bonchev–Trinajstić information content (AvgIpc) is 3.36. The number of pyridine rings is 1. The van der Waals surface area contributed by atoms with E-state index in [-0.39, 0.29) is 37.6 Å². The topological polar surface area (TPSA) is 91.8 Å². The number of benzene rings is 2. The third-order valence-electron chi connectivity index (χ3n) is 6.79. The van der Waals surface area contributed by atoms with E-state index in [4.69, 9.17) is 16.3 Å². The van der Waals surface area contributed by atoms with Gasteiger partial charge in [0.2, 0.25) is 0 Å². The van der Waals surface area contributed by atoms with Crippen LogP contribution in [0, 0.1) is 0 Å². The summed E-state index contributed by atoms with van der Waals surface area (Å²) in [6, 6.07) is 15.6. The molecule has 7 nitrogen and oxygen atoms in total. The lowest BCUT2D eigenvalue weighted by molar-refractivity contribution is -0.258. The largest absolute Gasteiger partial charge is 0.421 e. The summed E-state index contributed by atoms with van der Waals surface area (Å²) < 4.78 is 77.4. The number of rotatable bonds is 7. The summed E-state index contributed by atoms with van der Waals surface area (Å²) in [6.45, 7) is 1.70. The Labute approximate surface area is 238 Å².